The number of carbonyl (C=O) groups is 1. The SMILES string of the molecule is CC(C)C(CNC(=O)CC1CC2CCC(C1)N2)c1cccnc1.Cl.Cl. The van der Waals surface area contributed by atoms with Gasteiger partial charge in [-0.15, -0.1) is 24.8 Å². The molecule has 4 nitrogen and oxygen atoms in total. The number of pyridine rings is 1. The molecule has 3 rings (SSSR count). The molecule has 0 radical (unpaired) electrons. The minimum Gasteiger partial charge on any atom is -0.355 e. The molecule has 2 fully saturated rings. The molecule has 0 spiro atoms. The molecule has 3 unspecified atom stereocenters. The van der Waals surface area contributed by atoms with Crippen LogP contribution in [0.4, 0.5) is 0 Å². The molecule has 1 aromatic heterocycles. The number of fused-ring (bicyclic) bond motifs is 2. The number of carbonyl (C=O) groups excluding carboxylic acids is 1. The fraction of sp³-hybridized carbons (Fsp3) is 0.684. The summed E-state index contributed by atoms with van der Waals surface area (Å²) in [6, 6.07) is 5.39. The van der Waals surface area contributed by atoms with Gasteiger partial charge in [-0.1, -0.05) is 19.9 Å². The van der Waals surface area contributed by atoms with Crippen molar-refractivity contribution in [1.29, 1.82) is 0 Å². The molecule has 1 aromatic rings. The lowest BCUT2D eigenvalue weighted by Gasteiger charge is -2.29. The van der Waals surface area contributed by atoms with E-state index < -0.39 is 0 Å². The fourth-order valence-corrected chi connectivity index (χ4v) is 4.23. The molecule has 142 valence electrons. The number of aromatic nitrogens is 1. The van der Waals surface area contributed by atoms with Gasteiger partial charge in [-0.2, -0.15) is 0 Å². The molecule has 0 aliphatic carbocycles. The molecule has 3 heterocycles. The lowest BCUT2D eigenvalue weighted by molar-refractivity contribution is -0.122. The van der Waals surface area contributed by atoms with Crippen molar-refractivity contribution < 1.29 is 4.79 Å². The van der Waals surface area contributed by atoms with E-state index in [1.807, 2.05) is 12.3 Å². The van der Waals surface area contributed by atoms with Crippen LogP contribution in [0.25, 0.3) is 0 Å². The summed E-state index contributed by atoms with van der Waals surface area (Å²) in [6.45, 7) is 5.11. The first-order valence-corrected chi connectivity index (χ1v) is 9.04. The highest BCUT2D eigenvalue weighted by molar-refractivity contribution is 5.85. The van der Waals surface area contributed by atoms with Gasteiger partial charge in [-0.3, -0.25) is 9.78 Å². The Morgan fingerprint density at radius 2 is 1.96 bits per heavy atom. The van der Waals surface area contributed by atoms with Crippen molar-refractivity contribution in [3.63, 3.8) is 0 Å². The number of amides is 1. The third-order valence-corrected chi connectivity index (χ3v) is 5.48. The quantitative estimate of drug-likeness (QED) is 0.781. The van der Waals surface area contributed by atoms with Crippen molar-refractivity contribution in [2.24, 2.45) is 11.8 Å². The van der Waals surface area contributed by atoms with E-state index in [2.05, 4.69) is 35.5 Å². The molecule has 6 heteroatoms. The van der Waals surface area contributed by atoms with Crippen molar-refractivity contribution in [3.8, 4) is 0 Å². The highest BCUT2D eigenvalue weighted by Crippen LogP contribution is 2.32. The van der Waals surface area contributed by atoms with Gasteiger partial charge >= 0.3 is 0 Å². The Balaban J connectivity index is 0.00000156. The minimum atomic E-state index is 0. The Labute approximate surface area is 163 Å². The first-order chi connectivity index (χ1) is 11.1. The number of piperidine rings is 1. The summed E-state index contributed by atoms with van der Waals surface area (Å²) in [4.78, 5) is 16.6. The van der Waals surface area contributed by atoms with Gasteiger partial charge in [0, 0.05) is 43.4 Å². The lowest BCUT2D eigenvalue weighted by Crippen LogP contribution is -2.40. The molecule has 2 aliphatic heterocycles. The highest BCUT2D eigenvalue weighted by atomic mass is 35.5. The number of hydrogen-bond donors (Lipinski definition) is 2. The minimum absolute atomic E-state index is 0. The molecule has 3 atom stereocenters. The van der Waals surface area contributed by atoms with Gasteiger partial charge < -0.3 is 10.6 Å². The van der Waals surface area contributed by atoms with Crippen LogP contribution in [0.15, 0.2) is 24.5 Å². The standard InChI is InChI=1S/C19H29N3O.2ClH/c1-13(2)18(15-4-3-7-20-11-15)12-21-19(23)10-14-8-16-5-6-17(9-14)22-16;;/h3-4,7,11,13-14,16-18,22H,5-6,8-10,12H2,1-2H3,(H,21,23);2*1H. The number of hydrogen-bond acceptors (Lipinski definition) is 3. The zero-order valence-electron chi connectivity index (χ0n) is 15.1. The second-order valence-electron chi connectivity index (χ2n) is 7.62. The zero-order valence-corrected chi connectivity index (χ0v) is 16.7. The van der Waals surface area contributed by atoms with Crippen LogP contribution < -0.4 is 10.6 Å². The maximum Gasteiger partial charge on any atom is 0.220 e. The average Bonchev–Trinajstić information content (AvgIpc) is 2.87. The van der Waals surface area contributed by atoms with Crippen LogP contribution in [0.3, 0.4) is 0 Å². The third-order valence-electron chi connectivity index (χ3n) is 5.48. The first kappa shape index (κ1) is 22.2. The summed E-state index contributed by atoms with van der Waals surface area (Å²) >= 11 is 0. The second-order valence-corrected chi connectivity index (χ2v) is 7.62. The van der Waals surface area contributed by atoms with Gasteiger partial charge in [0.2, 0.25) is 5.91 Å². The van der Waals surface area contributed by atoms with Gasteiger partial charge in [-0.25, -0.2) is 0 Å². The van der Waals surface area contributed by atoms with E-state index in [0.717, 1.165) is 0 Å². The van der Waals surface area contributed by atoms with Crippen LogP contribution in [0.5, 0.6) is 0 Å². The topological polar surface area (TPSA) is 54.0 Å². The van der Waals surface area contributed by atoms with Gasteiger partial charge in [0.25, 0.3) is 0 Å². The van der Waals surface area contributed by atoms with E-state index in [1.165, 1.54) is 31.2 Å². The maximum atomic E-state index is 12.4. The van der Waals surface area contributed by atoms with E-state index >= 15 is 0 Å². The fourth-order valence-electron chi connectivity index (χ4n) is 4.23. The van der Waals surface area contributed by atoms with E-state index in [1.54, 1.807) is 6.20 Å². The highest BCUT2D eigenvalue weighted by Gasteiger charge is 2.34. The summed E-state index contributed by atoms with van der Waals surface area (Å²) in [6.07, 6.45) is 9.32. The Morgan fingerprint density at radius 1 is 1.28 bits per heavy atom. The third kappa shape index (κ3) is 6.12. The van der Waals surface area contributed by atoms with Crippen molar-refractivity contribution in [2.75, 3.05) is 6.54 Å². The first-order valence-electron chi connectivity index (χ1n) is 9.04. The largest absolute Gasteiger partial charge is 0.355 e. The second kappa shape index (κ2) is 10.3. The average molecular weight is 388 g/mol. The van der Waals surface area contributed by atoms with Crippen LogP contribution >= 0.6 is 24.8 Å². The van der Waals surface area contributed by atoms with Crippen LogP contribution in [-0.2, 0) is 4.79 Å². The van der Waals surface area contributed by atoms with Crippen molar-refractivity contribution in [3.05, 3.63) is 30.1 Å². The molecular weight excluding hydrogens is 357 g/mol. The Bertz CT molecular complexity index is 515. The van der Waals surface area contributed by atoms with E-state index in [4.69, 9.17) is 0 Å². The van der Waals surface area contributed by atoms with Crippen LogP contribution in [0.2, 0.25) is 0 Å². The molecule has 0 aromatic carbocycles. The number of rotatable bonds is 6. The van der Waals surface area contributed by atoms with Crippen molar-refractivity contribution in [1.82, 2.24) is 15.6 Å². The van der Waals surface area contributed by atoms with Crippen LogP contribution in [-0.4, -0.2) is 29.5 Å². The van der Waals surface area contributed by atoms with Crippen LogP contribution in [0, 0.1) is 11.8 Å². The van der Waals surface area contributed by atoms with E-state index in [0.29, 0.717) is 42.8 Å². The van der Waals surface area contributed by atoms with Gasteiger partial charge in [0.15, 0.2) is 0 Å². The predicted octanol–water partition coefficient (Wildman–Crippen LogP) is 3.70. The summed E-state index contributed by atoms with van der Waals surface area (Å²) < 4.78 is 0. The van der Waals surface area contributed by atoms with Gasteiger partial charge in [0.05, 0.1) is 0 Å². The molecule has 1 amide bonds. The summed E-state index contributed by atoms with van der Waals surface area (Å²) in [5.74, 6) is 1.58. The normalized spacial score (nSPS) is 25.6. The van der Waals surface area contributed by atoms with Gasteiger partial charge in [0.1, 0.15) is 0 Å². The number of nitrogens with one attached hydrogen (secondary N) is 2. The number of halogens is 2. The lowest BCUT2D eigenvalue weighted by atomic mass is 9.88. The molecule has 2 N–H and O–H groups in total. The van der Waals surface area contributed by atoms with E-state index in [9.17, 15) is 4.79 Å². The summed E-state index contributed by atoms with van der Waals surface area (Å²) in [7, 11) is 0. The molecule has 0 saturated carbocycles. The van der Waals surface area contributed by atoms with E-state index in [-0.39, 0.29) is 30.7 Å². The number of nitrogens with zero attached hydrogens (tertiary/aromatic N) is 1. The maximum absolute atomic E-state index is 12.4. The van der Waals surface area contributed by atoms with Crippen LogP contribution in [0.1, 0.15) is 57.4 Å². The Kier molecular flexibility index (Phi) is 9.19. The van der Waals surface area contributed by atoms with Gasteiger partial charge in [-0.05, 0) is 49.1 Å². The Morgan fingerprint density at radius 3 is 2.52 bits per heavy atom. The predicted molar refractivity (Wildman–Crippen MR) is 107 cm³/mol. The molecule has 2 aliphatic rings. The molecule has 25 heavy (non-hydrogen) atoms. The Hall–Kier alpha value is -0.840. The smallest absolute Gasteiger partial charge is 0.220 e. The summed E-state index contributed by atoms with van der Waals surface area (Å²) in [5.41, 5.74) is 1.21. The molecule has 2 bridgehead atoms. The summed E-state index contributed by atoms with van der Waals surface area (Å²) in [5, 5.41) is 6.81. The van der Waals surface area contributed by atoms with Crippen molar-refractivity contribution >= 4 is 30.7 Å². The molecular formula is C19H31Cl2N3O. The monoisotopic (exact) mass is 387 g/mol. The molecule has 2 saturated heterocycles. The zero-order chi connectivity index (χ0) is 16.2. The van der Waals surface area contributed by atoms with Crippen molar-refractivity contribution in [2.45, 2.75) is 64.0 Å².